The fraction of sp³-hybridized carbons (Fsp3) is 0.438. The van der Waals surface area contributed by atoms with Crippen molar-refractivity contribution in [3.63, 3.8) is 0 Å². The summed E-state index contributed by atoms with van der Waals surface area (Å²) >= 11 is -1.61. The zero-order chi connectivity index (χ0) is 15.9. The fourth-order valence-electron chi connectivity index (χ4n) is 2.69. The molecule has 0 radical (unpaired) electrons. The van der Waals surface area contributed by atoms with Crippen molar-refractivity contribution in [2.75, 3.05) is 7.11 Å². The normalized spacial score (nSPS) is 12.7. The fourth-order valence-corrected chi connectivity index (χ4v) is 3.39. The maximum atomic E-state index is 12.1. The Kier molecular flexibility index (Phi) is 4.35. The van der Waals surface area contributed by atoms with Crippen LogP contribution in [0.2, 0.25) is 0 Å². The van der Waals surface area contributed by atoms with Gasteiger partial charge in [0.05, 0.1) is 18.5 Å². The molecule has 2 aromatic rings. The highest BCUT2D eigenvalue weighted by molar-refractivity contribution is 7.78. The van der Waals surface area contributed by atoms with E-state index in [-0.39, 0.29) is 0 Å². The van der Waals surface area contributed by atoms with Crippen LogP contribution < -0.4 is 0 Å². The van der Waals surface area contributed by atoms with Gasteiger partial charge in [-0.15, -0.1) is 0 Å². The maximum Gasteiger partial charge on any atom is 0.285 e. The second kappa shape index (κ2) is 5.73. The lowest BCUT2D eigenvalue weighted by molar-refractivity contribution is 0.435. The first-order valence-corrected chi connectivity index (χ1v) is 7.93. The zero-order valence-corrected chi connectivity index (χ0v) is 14.5. The first-order valence-electron chi connectivity index (χ1n) is 6.90. The largest absolute Gasteiger partial charge is 0.285 e. The molecule has 0 aliphatic heterocycles. The summed E-state index contributed by atoms with van der Waals surface area (Å²) in [5.74, 6) is 0. The molecule has 0 saturated heterocycles. The molecule has 114 valence electrons. The minimum absolute atomic E-state index is 0.868. The molecule has 2 rings (SSSR count). The van der Waals surface area contributed by atoms with Crippen molar-refractivity contribution in [3.8, 4) is 11.3 Å². The van der Waals surface area contributed by atoms with Gasteiger partial charge in [-0.05, 0) is 69.4 Å². The van der Waals surface area contributed by atoms with E-state index in [2.05, 4.69) is 38.9 Å². The molecular formula is C16H22N2O2S. The minimum atomic E-state index is -1.61. The van der Waals surface area contributed by atoms with Gasteiger partial charge >= 0.3 is 0 Å². The van der Waals surface area contributed by atoms with Crippen molar-refractivity contribution in [2.24, 2.45) is 0 Å². The molecule has 0 amide bonds. The second-order valence-corrected chi connectivity index (χ2v) is 6.56. The number of hydrogen-bond donors (Lipinski definition) is 0. The van der Waals surface area contributed by atoms with Crippen LogP contribution in [0.4, 0.5) is 0 Å². The lowest BCUT2D eigenvalue weighted by Gasteiger charge is -2.16. The van der Waals surface area contributed by atoms with Crippen molar-refractivity contribution in [1.82, 2.24) is 9.19 Å². The lowest BCUT2D eigenvalue weighted by Crippen LogP contribution is -2.11. The molecule has 1 unspecified atom stereocenters. The number of rotatable bonds is 3. The van der Waals surface area contributed by atoms with Crippen molar-refractivity contribution < 1.29 is 8.39 Å². The molecule has 21 heavy (non-hydrogen) atoms. The van der Waals surface area contributed by atoms with Crippen LogP contribution >= 0.6 is 0 Å². The van der Waals surface area contributed by atoms with Crippen LogP contribution in [0.15, 0.2) is 6.07 Å². The molecule has 1 heterocycles. The minimum Gasteiger partial charge on any atom is -0.276 e. The Morgan fingerprint density at radius 2 is 1.62 bits per heavy atom. The highest BCUT2D eigenvalue weighted by atomic mass is 32.2. The SMILES string of the molecule is COS(=O)n1nc(C)c(C)c1-c1c(C)cc(C)c(C)c1C. The molecule has 0 aliphatic carbocycles. The summed E-state index contributed by atoms with van der Waals surface area (Å²) in [6.45, 7) is 12.3. The second-order valence-electron chi connectivity index (χ2n) is 5.45. The third-order valence-corrected chi connectivity index (χ3v) is 5.04. The Hall–Kier alpha value is -1.46. The standard InChI is InChI=1S/C16H22N2O2S/c1-9-8-10(2)15(12(4)11(9)3)16-13(5)14(6)17-18(16)21(19)20-7/h8H,1-7H3. The zero-order valence-electron chi connectivity index (χ0n) is 13.7. The third-order valence-electron chi connectivity index (χ3n) is 4.21. The molecule has 0 saturated carbocycles. The molecule has 0 fully saturated rings. The van der Waals surface area contributed by atoms with E-state index in [1.165, 1.54) is 27.9 Å². The van der Waals surface area contributed by atoms with Gasteiger partial charge in [-0.25, -0.2) is 4.21 Å². The van der Waals surface area contributed by atoms with Gasteiger partial charge in [-0.1, -0.05) is 6.07 Å². The van der Waals surface area contributed by atoms with E-state index < -0.39 is 11.3 Å². The van der Waals surface area contributed by atoms with E-state index in [4.69, 9.17) is 4.18 Å². The Labute approximate surface area is 128 Å². The van der Waals surface area contributed by atoms with Gasteiger partial charge < -0.3 is 0 Å². The molecule has 1 atom stereocenters. The Bertz CT molecular complexity index is 733. The Balaban J connectivity index is 2.85. The van der Waals surface area contributed by atoms with Crippen LogP contribution in [0.25, 0.3) is 11.3 Å². The molecule has 1 aromatic carbocycles. The Morgan fingerprint density at radius 1 is 1.00 bits per heavy atom. The monoisotopic (exact) mass is 306 g/mol. The van der Waals surface area contributed by atoms with Crippen molar-refractivity contribution in [2.45, 2.75) is 41.5 Å². The molecule has 0 aliphatic rings. The van der Waals surface area contributed by atoms with Crippen molar-refractivity contribution >= 4 is 11.3 Å². The van der Waals surface area contributed by atoms with E-state index in [1.807, 2.05) is 13.8 Å². The summed E-state index contributed by atoms with van der Waals surface area (Å²) < 4.78 is 18.6. The van der Waals surface area contributed by atoms with Crippen LogP contribution in [0.3, 0.4) is 0 Å². The van der Waals surface area contributed by atoms with Gasteiger partial charge in [-0.3, -0.25) is 4.18 Å². The van der Waals surface area contributed by atoms with Gasteiger partial charge in [0.15, 0.2) is 0 Å². The molecule has 0 bridgehead atoms. The molecular weight excluding hydrogens is 284 g/mol. The van der Waals surface area contributed by atoms with Crippen molar-refractivity contribution in [3.05, 3.63) is 39.6 Å². The van der Waals surface area contributed by atoms with Gasteiger partial charge in [-0.2, -0.15) is 9.19 Å². The Morgan fingerprint density at radius 3 is 2.19 bits per heavy atom. The highest BCUT2D eigenvalue weighted by Crippen LogP contribution is 2.34. The highest BCUT2D eigenvalue weighted by Gasteiger charge is 2.22. The van der Waals surface area contributed by atoms with E-state index in [1.54, 1.807) is 0 Å². The van der Waals surface area contributed by atoms with Crippen molar-refractivity contribution in [1.29, 1.82) is 0 Å². The first-order chi connectivity index (χ1) is 9.79. The van der Waals surface area contributed by atoms with Gasteiger partial charge in [0.1, 0.15) is 0 Å². The number of aromatic nitrogens is 2. The van der Waals surface area contributed by atoms with E-state index in [0.717, 1.165) is 28.1 Å². The van der Waals surface area contributed by atoms with Crippen LogP contribution in [-0.2, 0) is 15.4 Å². The number of nitrogens with zero attached hydrogens (tertiary/aromatic N) is 2. The van der Waals surface area contributed by atoms with E-state index in [0.29, 0.717) is 0 Å². The summed E-state index contributed by atoms with van der Waals surface area (Å²) in [4.78, 5) is 0. The predicted molar refractivity (Wildman–Crippen MR) is 86.6 cm³/mol. The smallest absolute Gasteiger partial charge is 0.276 e. The first kappa shape index (κ1) is 15.9. The van der Waals surface area contributed by atoms with Crippen LogP contribution in [0.1, 0.15) is 33.5 Å². The van der Waals surface area contributed by atoms with Crippen LogP contribution in [-0.4, -0.2) is 20.5 Å². The van der Waals surface area contributed by atoms with Gasteiger partial charge in [0.2, 0.25) is 0 Å². The maximum absolute atomic E-state index is 12.1. The van der Waals surface area contributed by atoms with Crippen LogP contribution in [0.5, 0.6) is 0 Å². The van der Waals surface area contributed by atoms with E-state index in [9.17, 15) is 4.21 Å². The van der Waals surface area contributed by atoms with Gasteiger partial charge in [0.25, 0.3) is 11.3 Å². The summed E-state index contributed by atoms with van der Waals surface area (Å²) in [5.41, 5.74) is 8.76. The number of hydrogen-bond acceptors (Lipinski definition) is 3. The van der Waals surface area contributed by atoms with Gasteiger partial charge in [0, 0.05) is 5.56 Å². The quantitative estimate of drug-likeness (QED) is 0.872. The summed E-state index contributed by atoms with van der Waals surface area (Å²) in [6.07, 6.45) is 0. The summed E-state index contributed by atoms with van der Waals surface area (Å²) in [6, 6.07) is 2.17. The molecule has 5 heteroatoms. The van der Waals surface area contributed by atoms with Crippen LogP contribution in [0, 0.1) is 41.5 Å². The lowest BCUT2D eigenvalue weighted by atomic mass is 9.91. The summed E-state index contributed by atoms with van der Waals surface area (Å²) in [7, 11) is 1.42. The average molecular weight is 306 g/mol. The summed E-state index contributed by atoms with van der Waals surface area (Å²) in [5, 5.41) is 4.38. The molecule has 4 nitrogen and oxygen atoms in total. The molecule has 1 aromatic heterocycles. The number of aryl methyl sites for hydroxylation is 3. The molecule has 0 spiro atoms. The molecule has 0 N–H and O–H groups in total. The topological polar surface area (TPSA) is 44.1 Å². The number of benzene rings is 1. The predicted octanol–water partition coefficient (Wildman–Crippen LogP) is 3.47. The average Bonchev–Trinajstić information content (AvgIpc) is 2.73. The van der Waals surface area contributed by atoms with E-state index >= 15 is 0 Å². The third kappa shape index (κ3) is 2.56.